The zero-order valence-corrected chi connectivity index (χ0v) is 14.7. The van der Waals surface area contributed by atoms with Crippen LogP contribution in [0.2, 0.25) is 0 Å². The van der Waals surface area contributed by atoms with Crippen LogP contribution in [-0.4, -0.2) is 21.9 Å². The van der Waals surface area contributed by atoms with Gasteiger partial charge in [-0.15, -0.1) is 0 Å². The standard InChI is InChI=1S/C20H17N3O3/c1-12-4-5-17(25-3)15(8-12)19-20-14(6-7-21-19)16(24)9-18(26-20)13-10-22-23(2)11-13/h4-11H,1-3H3. The maximum Gasteiger partial charge on any atom is 0.193 e. The molecule has 0 spiro atoms. The number of ether oxygens (including phenoxy) is 1. The number of pyridine rings is 1. The highest BCUT2D eigenvalue weighted by molar-refractivity contribution is 5.92. The smallest absolute Gasteiger partial charge is 0.193 e. The Kier molecular flexibility index (Phi) is 3.80. The summed E-state index contributed by atoms with van der Waals surface area (Å²) in [7, 11) is 3.42. The van der Waals surface area contributed by atoms with E-state index >= 15 is 0 Å². The molecule has 3 heterocycles. The van der Waals surface area contributed by atoms with Gasteiger partial charge in [-0.3, -0.25) is 14.5 Å². The molecule has 6 heteroatoms. The topological polar surface area (TPSA) is 70.2 Å². The number of fused-ring (bicyclic) bond motifs is 1. The monoisotopic (exact) mass is 347 g/mol. The lowest BCUT2D eigenvalue weighted by Crippen LogP contribution is -2.02. The van der Waals surface area contributed by atoms with Crippen LogP contribution in [-0.2, 0) is 7.05 Å². The van der Waals surface area contributed by atoms with Gasteiger partial charge in [0.25, 0.3) is 0 Å². The van der Waals surface area contributed by atoms with Crippen molar-refractivity contribution >= 4 is 11.0 Å². The molecule has 0 aliphatic carbocycles. The SMILES string of the molecule is COc1ccc(C)cc1-c1nccc2c(=O)cc(-c3cnn(C)c3)oc12. The molecule has 130 valence electrons. The third-order valence-electron chi connectivity index (χ3n) is 4.24. The highest BCUT2D eigenvalue weighted by Gasteiger charge is 2.16. The van der Waals surface area contributed by atoms with Crippen molar-refractivity contribution < 1.29 is 9.15 Å². The van der Waals surface area contributed by atoms with Crippen LogP contribution in [0.25, 0.3) is 33.6 Å². The van der Waals surface area contributed by atoms with Crippen molar-refractivity contribution in [2.75, 3.05) is 7.11 Å². The van der Waals surface area contributed by atoms with E-state index in [1.165, 1.54) is 6.07 Å². The Balaban J connectivity index is 2.04. The molecule has 0 atom stereocenters. The molecule has 4 rings (SSSR count). The van der Waals surface area contributed by atoms with Gasteiger partial charge in [-0.1, -0.05) is 11.6 Å². The molecule has 0 amide bonds. The van der Waals surface area contributed by atoms with E-state index in [4.69, 9.17) is 9.15 Å². The predicted molar refractivity (Wildman–Crippen MR) is 99.2 cm³/mol. The van der Waals surface area contributed by atoms with Gasteiger partial charge in [-0.25, -0.2) is 0 Å². The Labute approximate surface area is 149 Å². The third kappa shape index (κ3) is 2.65. The van der Waals surface area contributed by atoms with Crippen molar-refractivity contribution in [1.82, 2.24) is 14.8 Å². The van der Waals surface area contributed by atoms with Crippen LogP contribution in [0.1, 0.15) is 5.56 Å². The van der Waals surface area contributed by atoms with Gasteiger partial charge in [0, 0.05) is 31.1 Å². The van der Waals surface area contributed by atoms with Gasteiger partial charge in [0.15, 0.2) is 11.0 Å². The third-order valence-corrected chi connectivity index (χ3v) is 4.24. The summed E-state index contributed by atoms with van der Waals surface area (Å²) in [5.74, 6) is 1.13. The maximum atomic E-state index is 12.6. The number of aryl methyl sites for hydroxylation is 2. The Hall–Kier alpha value is -3.41. The molecule has 0 radical (unpaired) electrons. The lowest BCUT2D eigenvalue weighted by atomic mass is 10.0. The largest absolute Gasteiger partial charge is 0.496 e. The molecule has 0 unspecified atom stereocenters. The summed E-state index contributed by atoms with van der Waals surface area (Å²) in [6, 6.07) is 8.97. The zero-order chi connectivity index (χ0) is 18.3. The highest BCUT2D eigenvalue weighted by atomic mass is 16.5. The van der Waals surface area contributed by atoms with Crippen LogP contribution in [0, 0.1) is 6.92 Å². The van der Waals surface area contributed by atoms with E-state index in [0.29, 0.717) is 28.2 Å². The molecule has 0 fully saturated rings. The van der Waals surface area contributed by atoms with Gasteiger partial charge in [0.2, 0.25) is 0 Å². The molecule has 4 aromatic rings. The van der Waals surface area contributed by atoms with Gasteiger partial charge in [-0.05, 0) is 25.1 Å². The molecule has 1 aromatic carbocycles. The van der Waals surface area contributed by atoms with E-state index in [9.17, 15) is 4.79 Å². The molecule has 6 nitrogen and oxygen atoms in total. The number of benzene rings is 1. The van der Waals surface area contributed by atoms with Crippen molar-refractivity contribution in [3.8, 4) is 28.3 Å². The summed E-state index contributed by atoms with van der Waals surface area (Å²) < 4.78 is 13.2. The first-order valence-electron chi connectivity index (χ1n) is 8.13. The molecule has 0 aliphatic rings. The zero-order valence-electron chi connectivity index (χ0n) is 14.7. The second-order valence-electron chi connectivity index (χ2n) is 6.12. The average molecular weight is 347 g/mol. The number of nitrogens with zero attached hydrogens (tertiary/aromatic N) is 3. The molecule has 0 aliphatic heterocycles. The lowest BCUT2D eigenvalue weighted by molar-refractivity contribution is 0.416. The van der Waals surface area contributed by atoms with Crippen molar-refractivity contribution in [2.45, 2.75) is 6.92 Å². The summed E-state index contributed by atoms with van der Waals surface area (Å²) in [6.07, 6.45) is 5.07. The van der Waals surface area contributed by atoms with E-state index < -0.39 is 0 Å². The molecule has 26 heavy (non-hydrogen) atoms. The predicted octanol–water partition coefficient (Wildman–Crippen LogP) is 3.57. The minimum absolute atomic E-state index is 0.125. The first kappa shape index (κ1) is 16.1. The van der Waals surface area contributed by atoms with Gasteiger partial charge in [0.05, 0.1) is 24.3 Å². The minimum atomic E-state index is -0.125. The lowest BCUT2D eigenvalue weighted by Gasteiger charge is -2.11. The number of rotatable bonds is 3. The molecule has 0 saturated carbocycles. The summed E-state index contributed by atoms with van der Waals surface area (Å²) in [4.78, 5) is 17.1. The van der Waals surface area contributed by atoms with Crippen LogP contribution in [0.3, 0.4) is 0 Å². The Morgan fingerprint density at radius 2 is 2.04 bits per heavy atom. The van der Waals surface area contributed by atoms with Crippen LogP contribution in [0.15, 0.2) is 58.1 Å². The molecular weight excluding hydrogens is 330 g/mol. The van der Waals surface area contributed by atoms with Crippen LogP contribution >= 0.6 is 0 Å². The Morgan fingerprint density at radius 1 is 1.19 bits per heavy atom. The number of hydrogen-bond acceptors (Lipinski definition) is 5. The minimum Gasteiger partial charge on any atom is -0.496 e. The van der Waals surface area contributed by atoms with E-state index in [-0.39, 0.29) is 5.43 Å². The first-order chi connectivity index (χ1) is 12.6. The van der Waals surface area contributed by atoms with E-state index in [1.54, 1.807) is 36.4 Å². The van der Waals surface area contributed by atoms with Gasteiger partial charge >= 0.3 is 0 Å². The maximum absolute atomic E-state index is 12.6. The summed E-state index contributed by atoms with van der Waals surface area (Å²) in [5.41, 5.74) is 3.46. The Morgan fingerprint density at radius 3 is 2.77 bits per heavy atom. The van der Waals surface area contributed by atoms with Crippen molar-refractivity contribution in [1.29, 1.82) is 0 Å². The van der Waals surface area contributed by atoms with Crippen LogP contribution < -0.4 is 10.2 Å². The van der Waals surface area contributed by atoms with Crippen molar-refractivity contribution in [2.24, 2.45) is 7.05 Å². The summed E-state index contributed by atoms with van der Waals surface area (Å²) in [6.45, 7) is 1.99. The van der Waals surface area contributed by atoms with E-state index in [1.807, 2.05) is 32.2 Å². The summed E-state index contributed by atoms with van der Waals surface area (Å²) >= 11 is 0. The summed E-state index contributed by atoms with van der Waals surface area (Å²) in [5, 5.41) is 4.62. The van der Waals surface area contributed by atoms with Crippen LogP contribution in [0.4, 0.5) is 0 Å². The molecule has 0 N–H and O–H groups in total. The molecule has 3 aromatic heterocycles. The molecular formula is C20H17N3O3. The normalized spacial score (nSPS) is 11.0. The average Bonchev–Trinajstić information content (AvgIpc) is 3.07. The first-order valence-corrected chi connectivity index (χ1v) is 8.13. The number of aromatic nitrogens is 3. The fraction of sp³-hybridized carbons (Fsp3) is 0.150. The van der Waals surface area contributed by atoms with Gasteiger partial charge in [0.1, 0.15) is 17.2 Å². The highest BCUT2D eigenvalue weighted by Crippen LogP contribution is 2.34. The fourth-order valence-electron chi connectivity index (χ4n) is 2.97. The van der Waals surface area contributed by atoms with Crippen molar-refractivity contribution in [3.05, 3.63) is 64.7 Å². The molecule has 0 saturated heterocycles. The molecule has 0 bridgehead atoms. The van der Waals surface area contributed by atoms with E-state index in [0.717, 1.165) is 16.7 Å². The number of hydrogen-bond donors (Lipinski definition) is 0. The second-order valence-corrected chi connectivity index (χ2v) is 6.12. The number of methoxy groups -OCH3 is 1. The quantitative estimate of drug-likeness (QED) is 0.566. The van der Waals surface area contributed by atoms with Crippen molar-refractivity contribution in [3.63, 3.8) is 0 Å². The van der Waals surface area contributed by atoms with Gasteiger partial charge in [-0.2, -0.15) is 5.10 Å². The van der Waals surface area contributed by atoms with E-state index in [2.05, 4.69) is 10.1 Å². The van der Waals surface area contributed by atoms with Gasteiger partial charge < -0.3 is 9.15 Å². The second kappa shape index (κ2) is 6.15. The fourth-order valence-corrected chi connectivity index (χ4v) is 2.97. The van der Waals surface area contributed by atoms with Crippen LogP contribution in [0.5, 0.6) is 5.75 Å². The Bertz CT molecular complexity index is 1170.